The molecule has 0 aliphatic carbocycles. The van der Waals surface area contributed by atoms with Gasteiger partial charge in [-0.15, -0.1) is 0 Å². The van der Waals surface area contributed by atoms with Crippen molar-refractivity contribution >= 4 is 81.5 Å². The van der Waals surface area contributed by atoms with Crippen LogP contribution in [0.25, 0.3) is 11.2 Å². The molecule has 41 heavy (non-hydrogen) atoms. The van der Waals surface area contributed by atoms with Gasteiger partial charge in [0.2, 0.25) is 0 Å². The Bertz CT molecular complexity index is 1290. The average molecular weight is 674 g/mol. The first kappa shape index (κ1) is 34.4. The van der Waals surface area contributed by atoms with Crippen LogP contribution in [-0.4, -0.2) is 83.4 Å². The standard InChI is InChI=1S/C23H35Cl2N6O7PS2/c1-12(2)37-19(33)13(3)30-39(40,35-7-8-41-21(34)22(4,5)6)36-9-14-16(32)23(24,25)20(38-14)31-11-29-15-17(26)27-10-28-18(15)31/h10-14,16,20,32H,7-9H2,1-6H3,(H,30,40)(H2,26,27,28)/t13-,14-,16-,20-,39+/m1/s1. The fraction of sp³-hybridized carbons (Fsp3) is 0.696. The van der Waals surface area contributed by atoms with Crippen LogP contribution in [0.3, 0.4) is 0 Å². The van der Waals surface area contributed by atoms with Crippen molar-refractivity contribution in [2.75, 3.05) is 24.7 Å². The number of nitrogens with zero attached hydrogens (tertiary/aromatic N) is 4. The van der Waals surface area contributed by atoms with Gasteiger partial charge in [-0.2, -0.15) is 0 Å². The number of carbonyl (C=O) groups excluding carboxylic acids is 2. The maximum Gasteiger partial charge on any atom is 0.323 e. The number of esters is 1. The number of rotatable bonds is 12. The van der Waals surface area contributed by atoms with Gasteiger partial charge in [-0.05, 0) is 32.6 Å². The van der Waals surface area contributed by atoms with E-state index >= 15 is 0 Å². The molecule has 5 atom stereocenters. The Labute approximate surface area is 257 Å². The van der Waals surface area contributed by atoms with Crippen molar-refractivity contribution in [3.05, 3.63) is 12.7 Å². The van der Waals surface area contributed by atoms with Gasteiger partial charge in [0.05, 0.1) is 25.6 Å². The van der Waals surface area contributed by atoms with Crippen molar-refractivity contribution in [1.29, 1.82) is 0 Å². The fourth-order valence-electron chi connectivity index (χ4n) is 3.56. The predicted octanol–water partition coefficient (Wildman–Crippen LogP) is 3.33. The number of fused-ring (bicyclic) bond motifs is 1. The Hall–Kier alpha value is -1.13. The molecule has 0 radical (unpaired) electrons. The number of carbonyl (C=O) groups is 2. The van der Waals surface area contributed by atoms with Crippen molar-refractivity contribution < 1.29 is 33.2 Å². The number of hydrogen-bond donors (Lipinski definition) is 3. The van der Waals surface area contributed by atoms with E-state index in [4.69, 9.17) is 59.3 Å². The minimum Gasteiger partial charge on any atom is -0.462 e. The molecule has 3 rings (SSSR count). The minimum atomic E-state index is -3.40. The quantitative estimate of drug-likeness (QED) is 0.130. The Morgan fingerprint density at radius 3 is 2.61 bits per heavy atom. The summed E-state index contributed by atoms with van der Waals surface area (Å²) in [6, 6.07) is -0.878. The molecule has 1 aliphatic heterocycles. The summed E-state index contributed by atoms with van der Waals surface area (Å²) in [4.78, 5) is 37.0. The number of aliphatic hydroxyl groups excluding tert-OH is 1. The van der Waals surface area contributed by atoms with Gasteiger partial charge in [0.1, 0.15) is 30.1 Å². The SMILES string of the molecule is CC(C)OC(=O)[C@@H](C)N[P@](=S)(OCCSC(=O)C(C)(C)C)OC[C@H]1O[C@@H](n2cnc3c(N)ncnc32)C(Cl)(Cl)[C@@H]1O. The van der Waals surface area contributed by atoms with Crippen LogP contribution >= 0.6 is 41.6 Å². The highest BCUT2D eigenvalue weighted by atomic mass is 35.5. The number of nitrogens with two attached hydrogens (primary N) is 1. The second-order valence-electron chi connectivity index (χ2n) is 10.6. The number of aromatic nitrogens is 4. The molecule has 0 spiro atoms. The number of imidazole rings is 1. The molecule has 2 aromatic rings. The summed E-state index contributed by atoms with van der Waals surface area (Å²) >= 11 is 19.9. The monoisotopic (exact) mass is 672 g/mol. The van der Waals surface area contributed by atoms with E-state index < -0.39 is 46.8 Å². The summed E-state index contributed by atoms with van der Waals surface area (Å²) < 4.78 is 22.7. The third-order valence-electron chi connectivity index (χ3n) is 5.68. The fourth-order valence-corrected chi connectivity index (χ4v) is 7.43. The average Bonchev–Trinajstić information content (AvgIpc) is 3.38. The van der Waals surface area contributed by atoms with E-state index in [1.807, 2.05) is 20.8 Å². The molecule has 0 unspecified atom stereocenters. The number of thioether (sulfide) groups is 1. The van der Waals surface area contributed by atoms with E-state index in [2.05, 4.69) is 20.0 Å². The number of nitrogens with one attached hydrogen (secondary N) is 1. The molecule has 4 N–H and O–H groups in total. The second kappa shape index (κ2) is 13.7. The molecule has 0 bridgehead atoms. The molecule has 13 nitrogen and oxygen atoms in total. The Kier molecular flexibility index (Phi) is 11.5. The topological polar surface area (TPSA) is 173 Å². The summed E-state index contributed by atoms with van der Waals surface area (Å²) in [5.74, 6) is -0.0943. The third-order valence-corrected chi connectivity index (χ3v) is 10.4. The molecule has 1 saturated heterocycles. The molecule has 0 amide bonds. The largest absolute Gasteiger partial charge is 0.462 e. The molecule has 3 heterocycles. The number of ether oxygens (including phenoxy) is 2. The summed E-state index contributed by atoms with van der Waals surface area (Å²) in [7, 11) is 0. The van der Waals surface area contributed by atoms with E-state index in [9.17, 15) is 14.7 Å². The Morgan fingerprint density at radius 2 is 1.98 bits per heavy atom. The summed E-state index contributed by atoms with van der Waals surface area (Å²) in [5.41, 5.74) is 5.97. The van der Waals surface area contributed by atoms with Crippen LogP contribution in [0.4, 0.5) is 5.82 Å². The maximum absolute atomic E-state index is 12.5. The molecule has 1 fully saturated rings. The zero-order valence-corrected chi connectivity index (χ0v) is 27.5. The van der Waals surface area contributed by atoms with Crippen LogP contribution in [0.1, 0.15) is 47.8 Å². The summed E-state index contributed by atoms with van der Waals surface area (Å²) in [6.07, 6.45) is -1.33. The van der Waals surface area contributed by atoms with E-state index in [1.165, 1.54) is 17.2 Å². The van der Waals surface area contributed by atoms with Gasteiger partial charge in [0.15, 0.2) is 27.1 Å². The molecule has 0 saturated carbocycles. The van der Waals surface area contributed by atoms with Crippen LogP contribution in [0.2, 0.25) is 0 Å². The number of alkyl halides is 2. The lowest BCUT2D eigenvalue weighted by Crippen LogP contribution is -2.39. The van der Waals surface area contributed by atoms with Crippen molar-refractivity contribution in [2.45, 2.75) is 76.5 Å². The zero-order chi connectivity index (χ0) is 30.8. The van der Waals surface area contributed by atoms with Gasteiger partial charge < -0.3 is 29.4 Å². The minimum absolute atomic E-state index is 0.00899. The summed E-state index contributed by atoms with van der Waals surface area (Å²) in [5, 5.41) is 13.9. The normalized spacial score (nSPS) is 23.0. The van der Waals surface area contributed by atoms with Gasteiger partial charge in [-0.25, -0.2) is 20.0 Å². The molecule has 230 valence electrons. The highest BCUT2D eigenvalue weighted by Crippen LogP contribution is 2.50. The second-order valence-corrected chi connectivity index (χ2v) is 16.3. The van der Waals surface area contributed by atoms with Gasteiger partial charge >= 0.3 is 5.97 Å². The van der Waals surface area contributed by atoms with Crippen molar-refractivity contribution in [2.24, 2.45) is 5.41 Å². The first-order valence-electron chi connectivity index (χ1n) is 12.6. The van der Waals surface area contributed by atoms with Crippen molar-refractivity contribution in [3.63, 3.8) is 0 Å². The van der Waals surface area contributed by atoms with Crippen LogP contribution in [0.15, 0.2) is 12.7 Å². The number of hydrogen-bond acceptors (Lipinski definition) is 13. The van der Waals surface area contributed by atoms with Gasteiger partial charge in [0, 0.05) is 11.2 Å². The van der Waals surface area contributed by atoms with Gasteiger partial charge in [0.25, 0.3) is 6.64 Å². The smallest absolute Gasteiger partial charge is 0.323 e. The molecule has 1 aliphatic rings. The molecule has 18 heteroatoms. The highest BCUT2D eigenvalue weighted by Gasteiger charge is 2.56. The Morgan fingerprint density at radius 1 is 1.29 bits per heavy atom. The molecular weight excluding hydrogens is 638 g/mol. The lowest BCUT2D eigenvalue weighted by Gasteiger charge is -2.28. The maximum atomic E-state index is 12.5. The first-order valence-corrected chi connectivity index (χ1v) is 17.0. The molecule has 0 aromatic carbocycles. The van der Waals surface area contributed by atoms with Gasteiger partial charge in [-0.3, -0.25) is 14.2 Å². The van der Waals surface area contributed by atoms with E-state index in [1.54, 1.807) is 20.8 Å². The van der Waals surface area contributed by atoms with E-state index in [0.29, 0.717) is 16.9 Å². The Balaban J connectivity index is 1.74. The van der Waals surface area contributed by atoms with Gasteiger partial charge in [-0.1, -0.05) is 55.7 Å². The highest BCUT2D eigenvalue weighted by molar-refractivity contribution is 8.13. The zero-order valence-electron chi connectivity index (χ0n) is 23.4. The first-order chi connectivity index (χ1) is 19.0. The number of halogens is 2. The van der Waals surface area contributed by atoms with E-state index in [0.717, 1.165) is 11.8 Å². The van der Waals surface area contributed by atoms with Crippen molar-refractivity contribution in [1.82, 2.24) is 24.6 Å². The van der Waals surface area contributed by atoms with Crippen LogP contribution in [-0.2, 0) is 39.9 Å². The lowest BCUT2D eigenvalue weighted by molar-refractivity contribution is -0.149. The van der Waals surface area contributed by atoms with Crippen LogP contribution < -0.4 is 10.8 Å². The predicted molar refractivity (Wildman–Crippen MR) is 161 cm³/mol. The van der Waals surface area contributed by atoms with Crippen LogP contribution in [0, 0.1) is 5.41 Å². The summed E-state index contributed by atoms with van der Waals surface area (Å²) in [6.45, 7) is 6.83. The molecule has 2 aromatic heterocycles. The number of anilines is 1. The molecular formula is C23H35Cl2N6O7PS2. The van der Waals surface area contributed by atoms with Crippen LogP contribution in [0.5, 0.6) is 0 Å². The third kappa shape index (κ3) is 8.49. The lowest BCUT2D eigenvalue weighted by atomic mass is 10.00. The van der Waals surface area contributed by atoms with Crippen molar-refractivity contribution in [3.8, 4) is 0 Å². The number of nitrogen functional groups attached to an aromatic ring is 1. The number of aliphatic hydroxyl groups is 1. The van der Waals surface area contributed by atoms with E-state index in [-0.39, 0.29) is 30.3 Å².